The quantitative estimate of drug-likeness (QED) is 0.750. The summed E-state index contributed by atoms with van der Waals surface area (Å²) in [6, 6.07) is 11.5. The maximum absolute atomic E-state index is 5.25. The summed E-state index contributed by atoms with van der Waals surface area (Å²) in [6.45, 7) is 4.45. The van der Waals surface area contributed by atoms with Gasteiger partial charge in [-0.25, -0.2) is 0 Å². The zero-order chi connectivity index (χ0) is 20.5. The Hall–Kier alpha value is -1.85. The highest BCUT2D eigenvalue weighted by molar-refractivity contribution is 5.27. The summed E-state index contributed by atoms with van der Waals surface area (Å²) in [6.07, 6.45) is 8.06. The lowest BCUT2D eigenvalue weighted by atomic mass is 9.74. The zero-order valence-corrected chi connectivity index (χ0v) is 18.5. The molecule has 3 aliphatic heterocycles. The van der Waals surface area contributed by atoms with E-state index < -0.39 is 0 Å². The summed E-state index contributed by atoms with van der Waals surface area (Å²) in [5, 5.41) is 8.64. The van der Waals surface area contributed by atoms with E-state index in [9.17, 15) is 0 Å². The van der Waals surface area contributed by atoms with Crippen molar-refractivity contribution in [2.75, 3.05) is 26.7 Å². The van der Waals surface area contributed by atoms with E-state index in [2.05, 4.69) is 40.1 Å². The van der Waals surface area contributed by atoms with Gasteiger partial charge in [-0.15, -0.1) is 0 Å². The highest BCUT2D eigenvalue weighted by Gasteiger charge is 2.41. The van der Waals surface area contributed by atoms with Crippen LogP contribution in [0.4, 0.5) is 0 Å². The first-order chi connectivity index (χ1) is 14.7. The van der Waals surface area contributed by atoms with Crippen LogP contribution in [0.2, 0.25) is 0 Å². The number of nitrogens with zero attached hydrogens (tertiary/aromatic N) is 3. The minimum atomic E-state index is 0.657. The molecule has 0 amide bonds. The molecule has 2 aromatic rings. The van der Waals surface area contributed by atoms with Crippen molar-refractivity contribution < 1.29 is 4.74 Å². The lowest BCUT2D eigenvalue weighted by molar-refractivity contribution is 0.0282. The number of methoxy groups -OCH3 is 1. The molecule has 4 unspecified atom stereocenters. The van der Waals surface area contributed by atoms with Crippen molar-refractivity contribution in [3.05, 3.63) is 47.3 Å². The SMILES string of the molecule is COc1ccc(CNCC2CC3CCN2CC3c2cc(C3CCCC3)nn2C)cc1. The second-order valence-corrected chi connectivity index (χ2v) is 9.62. The number of hydrogen-bond donors (Lipinski definition) is 1. The van der Waals surface area contributed by atoms with Crippen LogP contribution in [0.5, 0.6) is 5.75 Å². The van der Waals surface area contributed by atoms with Gasteiger partial charge in [-0.1, -0.05) is 25.0 Å². The molecule has 4 atom stereocenters. The first-order valence-electron chi connectivity index (χ1n) is 11.8. The van der Waals surface area contributed by atoms with Gasteiger partial charge in [-0.3, -0.25) is 9.58 Å². The minimum absolute atomic E-state index is 0.657. The predicted molar refractivity (Wildman–Crippen MR) is 120 cm³/mol. The van der Waals surface area contributed by atoms with E-state index in [1.807, 2.05) is 12.1 Å². The molecule has 0 radical (unpaired) electrons. The summed E-state index contributed by atoms with van der Waals surface area (Å²) in [5.41, 5.74) is 4.16. The van der Waals surface area contributed by atoms with E-state index in [0.717, 1.165) is 24.8 Å². The average Bonchev–Trinajstić information content (AvgIpc) is 3.44. The maximum Gasteiger partial charge on any atom is 0.118 e. The topological polar surface area (TPSA) is 42.3 Å². The van der Waals surface area contributed by atoms with Crippen LogP contribution in [0.1, 0.15) is 67.3 Å². The van der Waals surface area contributed by atoms with Crippen LogP contribution in [0, 0.1) is 5.92 Å². The number of rotatable bonds is 7. The van der Waals surface area contributed by atoms with Gasteiger partial charge in [0.05, 0.1) is 12.8 Å². The monoisotopic (exact) mass is 408 g/mol. The van der Waals surface area contributed by atoms with Gasteiger partial charge >= 0.3 is 0 Å². The molecule has 1 aromatic carbocycles. The van der Waals surface area contributed by atoms with Gasteiger partial charge in [0.15, 0.2) is 0 Å². The molecule has 4 fully saturated rings. The molecular weight excluding hydrogens is 372 g/mol. The summed E-state index contributed by atoms with van der Waals surface area (Å²) < 4.78 is 7.46. The molecule has 1 aliphatic carbocycles. The molecular formula is C25H36N4O. The van der Waals surface area contributed by atoms with Crippen LogP contribution in [-0.4, -0.2) is 47.5 Å². The van der Waals surface area contributed by atoms with E-state index in [-0.39, 0.29) is 0 Å². The number of nitrogens with one attached hydrogen (secondary N) is 1. The summed E-state index contributed by atoms with van der Waals surface area (Å²) in [5.74, 6) is 3.09. The number of aryl methyl sites for hydroxylation is 1. The van der Waals surface area contributed by atoms with Crippen LogP contribution in [0.15, 0.2) is 30.3 Å². The molecule has 3 saturated heterocycles. The standard InChI is InChI=1S/C25H36N4O/c1-28-25(14-24(27-28)19-5-3-4-6-19)23-17-29-12-11-20(23)13-21(29)16-26-15-18-7-9-22(30-2)10-8-18/h7-10,14,19-21,23,26H,3-6,11-13,15-17H2,1-2H3. The van der Waals surface area contributed by atoms with Crippen molar-refractivity contribution in [2.45, 2.75) is 62.9 Å². The molecule has 4 heterocycles. The average molecular weight is 409 g/mol. The van der Waals surface area contributed by atoms with E-state index in [1.54, 1.807) is 7.11 Å². The van der Waals surface area contributed by atoms with Crippen molar-refractivity contribution in [1.82, 2.24) is 20.0 Å². The van der Waals surface area contributed by atoms with Crippen LogP contribution >= 0.6 is 0 Å². The summed E-state index contributed by atoms with van der Waals surface area (Å²) in [7, 11) is 3.88. The minimum Gasteiger partial charge on any atom is -0.497 e. The van der Waals surface area contributed by atoms with E-state index in [1.165, 1.54) is 68.6 Å². The molecule has 6 rings (SSSR count). The van der Waals surface area contributed by atoms with Crippen molar-refractivity contribution in [3.8, 4) is 5.75 Å². The largest absolute Gasteiger partial charge is 0.497 e. The van der Waals surface area contributed by atoms with E-state index >= 15 is 0 Å². The summed E-state index contributed by atoms with van der Waals surface area (Å²) in [4.78, 5) is 2.73. The second kappa shape index (κ2) is 8.72. The van der Waals surface area contributed by atoms with Crippen LogP contribution < -0.4 is 10.1 Å². The van der Waals surface area contributed by atoms with Gasteiger partial charge in [0.1, 0.15) is 5.75 Å². The van der Waals surface area contributed by atoms with E-state index in [4.69, 9.17) is 9.84 Å². The molecule has 162 valence electrons. The van der Waals surface area contributed by atoms with Crippen LogP contribution in [0.25, 0.3) is 0 Å². The van der Waals surface area contributed by atoms with E-state index in [0.29, 0.717) is 17.9 Å². The Morgan fingerprint density at radius 2 is 1.93 bits per heavy atom. The van der Waals surface area contributed by atoms with Gasteiger partial charge in [-0.05, 0) is 61.9 Å². The Bertz CT molecular complexity index is 839. The molecule has 0 spiro atoms. The number of aromatic nitrogens is 2. The lowest BCUT2D eigenvalue weighted by Crippen LogP contribution is -2.55. The fourth-order valence-corrected chi connectivity index (χ4v) is 6.08. The molecule has 1 N–H and O–H groups in total. The molecule has 1 aromatic heterocycles. The van der Waals surface area contributed by atoms with Crippen molar-refractivity contribution in [1.29, 1.82) is 0 Å². The molecule has 1 saturated carbocycles. The Morgan fingerprint density at radius 3 is 2.63 bits per heavy atom. The van der Waals surface area contributed by atoms with Crippen LogP contribution in [0.3, 0.4) is 0 Å². The smallest absolute Gasteiger partial charge is 0.118 e. The lowest BCUT2D eigenvalue weighted by Gasteiger charge is -2.50. The van der Waals surface area contributed by atoms with Crippen molar-refractivity contribution in [3.63, 3.8) is 0 Å². The number of piperidine rings is 3. The third-order valence-electron chi connectivity index (χ3n) is 7.83. The second-order valence-electron chi connectivity index (χ2n) is 9.62. The molecule has 2 bridgehead atoms. The van der Waals surface area contributed by atoms with Gasteiger partial charge in [-0.2, -0.15) is 5.10 Å². The van der Waals surface area contributed by atoms with Crippen molar-refractivity contribution in [2.24, 2.45) is 13.0 Å². The molecule has 30 heavy (non-hydrogen) atoms. The Labute approximate surface area is 180 Å². The van der Waals surface area contributed by atoms with Gasteiger partial charge in [0, 0.05) is 50.3 Å². The fraction of sp³-hybridized carbons (Fsp3) is 0.640. The Kier molecular flexibility index (Phi) is 5.83. The number of benzene rings is 1. The maximum atomic E-state index is 5.25. The summed E-state index contributed by atoms with van der Waals surface area (Å²) >= 11 is 0. The van der Waals surface area contributed by atoms with Gasteiger partial charge in [0.25, 0.3) is 0 Å². The predicted octanol–water partition coefficient (Wildman–Crippen LogP) is 4.05. The normalized spacial score (nSPS) is 28.9. The third kappa shape index (κ3) is 4.02. The van der Waals surface area contributed by atoms with Gasteiger partial charge < -0.3 is 10.1 Å². The number of ether oxygens (including phenoxy) is 1. The first kappa shape index (κ1) is 20.1. The van der Waals surface area contributed by atoms with Crippen LogP contribution in [-0.2, 0) is 13.6 Å². The molecule has 5 heteroatoms. The van der Waals surface area contributed by atoms with Gasteiger partial charge in [0.2, 0.25) is 0 Å². The first-order valence-corrected chi connectivity index (χ1v) is 11.8. The zero-order valence-electron chi connectivity index (χ0n) is 18.5. The highest BCUT2D eigenvalue weighted by Crippen LogP contribution is 2.43. The molecule has 5 nitrogen and oxygen atoms in total. The third-order valence-corrected chi connectivity index (χ3v) is 7.83. The van der Waals surface area contributed by atoms with Crippen molar-refractivity contribution >= 4 is 0 Å². The molecule has 4 aliphatic rings. The number of fused-ring (bicyclic) bond motifs is 3. The Balaban J connectivity index is 1.18. The highest BCUT2D eigenvalue weighted by atomic mass is 16.5. The number of hydrogen-bond acceptors (Lipinski definition) is 4. The fourth-order valence-electron chi connectivity index (χ4n) is 6.08. The Morgan fingerprint density at radius 1 is 1.13 bits per heavy atom.